The molecule has 116 valence electrons. The molecular weight excluding hydrogens is 266 g/mol. The molecule has 0 atom stereocenters. The lowest BCUT2D eigenvalue weighted by Crippen LogP contribution is -2.44. The zero-order valence-corrected chi connectivity index (χ0v) is 13.0. The summed E-state index contributed by atoms with van der Waals surface area (Å²) in [4.78, 5) is 16.4. The van der Waals surface area contributed by atoms with Crippen molar-refractivity contribution in [3.8, 4) is 0 Å². The molecule has 21 heavy (non-hydrogen) atoms. The maximum atomic E-state index is 11.7. The summed E-state index contributed by atoms with van der Waals surface area (Å²) in [5.74, 6) is 0. The van der Waals surface area contributed by atoms with Crippen LogP contribution in [0, 0.1) is 6.92 Å². The Morgan fingerprint density at radius 3 is 2.76 bits per heavy atom. The van der Waals surface area contributed by atoms with Crippen LogP contribution in [0.1, 0.15) is 12.0 Å². The largest absolute Gasteiger partial charge is 0.449 e. The number of aryl methyl sites for hydroxylation is 1. The summed E-state index contributed by atoms with van der Waals surface area (Å²) in [5.41, 5.74) is 1.89. The van der Waals surface area contributed by atoms with Crippen molar-refractivity contribution in [2.45, 2.75) is 13.3 Å². The van der Waals surface area contributed by atoms with Gasteiger partial charge in [0.25, 0.3) is 0 Å². The predicted molar refractivity (Wildman–Crippen MR) is 84.7 cm³/mol. The van der Waals surface area contributed by atoms with Gasteiger partial charge in [0.05, 0.1) is 6.61 Å². The minimum absolute atomic E-state index is 0.376. The van der Waals surface area contributed by atoms with E-state index < -0.39 is 0 Å². The number of nitrogens with one attached hydrogen (secondary N) is 1. The summed E-state index contributed by atoms with van der Waals surface area (Å²) in [6, 6.07) is 7.69. The number of hydrogen-bond donors (Lipinski definition) is 1. The highest BCUT2D eigenvalue weighted by Crippen LogP contribution is 2.09. The zero-order valence-electron chi connectivity index (χ0n) is 13.0. The topological polar surface area (TPSA) is 44.8 Å². The summed E-state index contributed by atoms with van der Waals surface area (Å²) in [6.07, 6.45) is 0.504. The van der Waals surface area contributed by atoms with E-state index in [1.54, 1.807) is 0 Å². The van der Waals surface area contributed by atoms with Crippen molar-refractivity contribution in [3.05, 3.63) is 29.8 Å². The van der Waals surface area contributed by atoms with Crippen LogP contribution < -0.4 is 5.32 Å². The molecule has 1 aliphatic heterocycles. The van der Waals surface area contributed by atoms with Crippen molar-refractivity contribution in [1.29, 1.82) is 0 Å². The van der Waals surface area contributed by atoms with Crippen LogP contribution in [-0.2, 0) is 4.74 Å². The standard InChI is InChI=1S/C16H25N3O2/c1-14-5-3-6-15(13-14)17-16(20)21-12-4-7-19-10-8-18(2)9-11-19/h3,5-6,13H,4,7-12H2,1-2H3,(H,17,20). The number of benzene rings is 1. The van der Waals surface area contributed by atoms with E-state index in [1.807, 2.05) is 31.2 Å². The second-order valence-corrected chi connectivity index (χ2v) is 5.63. The van der Waals surface area contributed by atoms with Crippen LogP contribution in [0.5, 0.6) is 0 Å². The molecule has 0 aromatic heterocycles. The molecule has 1 amide bonds. The third-order valence-corrected chi connectivity index (χ3v) is 3.71. The smallest absolute Gasteiger partial charge is 0.411 e. The quantitative estimate of drug-likeness (QED) is 0.845. The number of amides is 1. The number of piperazine rings is 1. The van der Waals surface area contributed by atoms with Crippen molar-refractivity contribution >= 4 is 11.8 Å². The fraction of sp³-hybridized carbons (Fsp3) is 0.562. The van der Waals surface area contributed by atoms with E-state index in [4.69, 9.17) is 4.74 Å². The minimum atomic E-state index is -0.376. The lowest BCUT2D eigenvalue weighted by molar-refractivity contribution is 0.130. The maximum absolute atomic E-state index is 11.7. The van der Waals surface area contributed by atoms with Gasteiger partial charge in [-0.1, -0.05) is 12.1 Å². The fourth-order valence-electron chi connectivity index (χ4n) is 2.40. The van der Waals surface area contributed by atoms with Crippen LogP contribution in [0.25, 0.3) is 0 Å². The van der Waals surface area contributed by atoms with Gasteiger partial charge in [0.2, 0.25) is 0 Å². The molecule has 5 nitrogen and oxygen atoms in total. The number of likely N-dealkylation sites (N-methyl/N-ethyl adjacent to an activating group) is 1. The molecule has 1 aromatic carbocycles. The van der Waals surface area contributed by atoms with Gasteiger partial charge in [-0.25, -0.2) is 4.79 Å². The summed E-state index contributed by atoms with van der Waals surface area (Å²) >= 11 is 0. The van der Waals surface area contributed by atoms with Gasteiger partial charge in [0.1, 0.15) is 0 Å². The summed E-state index contributed by atoms with van der Waals surface area (Å²) in [5, 5.41) is 2.75. The Morgan fingerprint density at radius 1 is 1.29 bits per heavy atom. The Kier molecular flexibility index (Phi) is 6.02. The van der Waals surface area contributed by atoms with Gasteiger partial charge in [0, 0.05) is 38.4 Å². The lowest BCUT2D eigenvalue weighted by atomic mass is 10.2. The molecule has 0 aliphatic carbocycles. The molecule has 0 spiro atoms. The number of anilines is 1. The van der Waals surface area contributed by atoms with E-state index in [0.29, 0.717) is 6.61 Å². The average molecular weight is 291 g/mol. The molecule has 2 rings (SSSR count). The molecule has 0 saturated carbocycles. The molecule has 1 fully saturated rings. The van der Waals surface area contributed by atoms with Gasteiger partial charge in [-0.15, -0.1) is 0 Å². The van der Waals surface area contributed by atoms with Crippen molar-refractivity contribution in [2.24, 2.45) is 0 Å². The van der Waals surface area contributed by atoms with Crippen LogP contribution in [0.3, 0.4) is 0 Å². The number of nitrogens with zero attached hydrogens (tertiary/aromatic N) is 2. The van der Waals surface area contributed by atoms with Gasteiger partial charge in [-0.2, -0.15) is 0 Å². The normalized spacial score (nSPS) is 16.7. The summed E-state index contributed by atoms with van der Waals surface area (Å²) in [7, 11) is 2.15. The molecule has 5 heteroatoms. The molecular formula is C16H25N3O2. The van der Waals surface area contributed by atoms with Gasteiger partial charge < -0.3 is 14.5 Å². The molecule has 0 bridgehead atoms. The Morgan fingerprint density at radius 2 is 2.05 bits per heavy atom. The first-order valence-electron chi connectivity index (χ1n) is 7.55. The average Bonchev–Trinajstić information content (AvgIpc) is 2.45. The van der Waals surface area contributed by atoms with Crippen molar-refractivity contribution in [3.63, 3.8) is 0 Å². The van der Waals surface area contributed by atoms with Gasteiger partial charge in [-0.3, -0.25) is 5.32 Å². The Bertz CT molecular complexity index is 457. The first-order chi connectivity index (χ1) is 10.1. The highest BCUT2D eigenvalue weighted by Gasteiger charge is 2.13. The van der Waals surface area contributed by atoms with E-state index in [-0.39, 0.29) is 6.09 Å². The Hall–Kier alpha value is -1.59. The fourth-order valence-corrected chi connectivity index (χ4v) is 2.40. The maximum Gasteiger partial charge on any atom is 0.411 e. The SMILES string of the molecule is Cc1cccc(NC(=O)OCCCN2CCN(C)CC2)c1. The van der Waals surface area contributed by atoms with Crippen molar-refractivity contribution in [1.82, 2.24) is 9.80 Å². The highest BCUT2D eigenvalue weighted by atomic mass is 16.5. The molecule has 0 unspecified atom stereocenters. The molecule has 1 heterocycles. The second kappa shape index (κ2) is 8.00. The summed E-state index contributed by atoms with van der Waals surface area (Å²) < 4.78 is 5.21. The van der Waals surface area contributed by atoms with Crippen molar-refractivity contribution in [2.75, 3.05) is 51.7 Å². The molecule has 1 saturated heterocycles. The zero-order chi connectivity index (χ0) is 15.1. The number of hydrogen-bond acceptors (Lipinski definition) is 4. The van der Waals surface area contributed by atoms with E-state index >= 15 is 0 Å². The van der Waals surface area contributed by atoms with E-state index in [2.05, 4.69) is 22.2 Å². The Balaban J connectivity index is 1.59. The predicted octanol–water partition coefficient (Wildman–Crippen LogP) is 2.18. The first-order valence-corrected chi connectivity index (χ1v) is 7.55. The van der Waals surface area contributed by atoms with E-state index in [0.717, 1.165) is 50.4 Å². The second-order valence-electron chi connectivity index (χ2n) is 5.63. The van der Waals surface area contributed by atoms with Crippen LogP contribution >= 0.6 is 0 Å². The number of carbonyl (C=O) groups excluding carboxylic acids is 1. The van der Waals surface area contributed by atoms with E-state index in [1.165, 1.54) is 0 Å². The van der Waals surface area contributed by atoms with Gasteiger partial charge in [0.15, 0.2) is 0 Å². The van der Waals surface area contributed by atoms with Gasteiger partial charge in [-0.05, 0) is 38.1 Å². The number of ether oxygens (including phenoxy) is 1. The third-order valence-electron chi connectivity index (χ3n) is 3.71. The number of carbonyl (C=O) groups is 1. The van der Waals surface area contributed by atoms with Crippen LogP contribution in [0.15, 0.2) is 24.3 Å². The van der Waals surface area contributed by atoms with Gasteiger partial charge >= 0.3 is 6.09 Å². The first kappa shape index (κ1) is 15.8. The summed E-state index contributed by atoms with van der Waals surface area (Å²) in [6.45, 7) is 7.89. The highest BCUT2D eigenvalue weighted by molar-refractivity contribution is 5.84. The lowest BCUT2D eigenvalue weighted by Gasteiger charge is -2.32. The molecule has 0 radical (unpaired) electrons. The van der Waals surface area contributed by atoms with Crippen LogP contribution in [0.2, 0.25) is 0 Å². The minimum Gasteiger partial charge on any atom is -0.449 e. The number of rotatable bonds is 5. The molecule has 1 N–H and O–H groups in total. The van der Waals surface area contributed by atoms with Crippen LogP contribution in [-0.4, -0.2) is 62.3 Å². The monoisotopic (exact) mass is 291 g/mol. The van der Waals surface area contributed by atoms with Crippen LogP contribution in [0.4, 0.5) is 10.5 Å². The molecule has 1 aliphatic rings. The molecule has 1 aromatic rings. The van der Waals surface area contributed by atoms with E-state index in [9.17, 15) is 4.79 Å². The Labute approximate surface area is 126 Å². The van der Waals surface area contributed by atoms with Crippen molar-refractivity contribution < 1.29 is 9.53 Å². The third kappa shape index (κ3) is 5.73.